The van der Waals surface area contributed by atoms with Crippen LogP contribution in [0, 0.1) is 0 Å². The Balaban J connectivity index is 1.35. The molecule has 0 unspecified atom stereocenters. The van der Waals surface area contributed by atoms with E-state index in [1.165, 1.54) is 23.0 Å². The molecule has 0 aliphatic carbocycles. The van der Waals surface area contributed by atoms with Crippen LogP contribution in [0.2, 0.25) is 0 Å². The van der Waals surface area contributed by atoms with Crippen LogP contribution in [-0.4, -0.2) is 42.3 Å². The topological polar surface area (TPSA) is 109 Å². The van der Waals surface area contributed by atoms with Crippen molar-refractivity contribution >= 4 is 39.1 Å². The fourth-order valence-corrected chi connectivity index (χ4v) is 5.15. The maximum atomic E-state index is 13.3. The number of nitrogens with one attached hydrogen (secondary N) is 1. The maximum Gasteiger partial charge on any atom is 0.356 e. The zero-order valence-electron chi connectivity index (χ0n) is 22.0. The summed E-state index contributed by atoms with van der Waals surface area (Å²) in [6.45, 7) is -0.556. The summed E-state index contributed by atoms with van der Waals surface area (Å²) in [5.74, 6) is -0.197. The van der Waals surface area contributed by atoms with E-state index in [1.807, 2.05) is 36.4 Å². The smallest absolute Gasteiger partial charge is 0.356 e. The van der Waals surface area contributed by atoms with E-state index in [1.54, 1.807) is 56.0 Å². The van der Waals surface area contributed by atoms with Gasteiger partial charge < -0.3 is 18.8 Å². The predicted octanol–water partition coefficient (Wildman–Crippen LogP) is 5.14. The summed E-state index contributed by atoms with van der Waals surface area (Å²) < 4.78 is 17.3. The number of esters is 1. The first-order valence-electron chi connectivity index (χ1n) is 12.2. The summed E-state index contributed by atoms with van der Waals surface area (Å²) in [7, 11) is 4.63. The molecule has 0 radical (unpaired) electrons. The molecule has 5 rings (SSSR count). The van der Waals surface area contributed by atoms with Crippen molar-refractivity contribution in [1.82, 2.24) is 9.55 Å². The Kier molecular flexibility index (Phi) is 7.61. The summed E-state index contributed by atoms with van der Waals surface area (Å²) in [5.41, 5.74) is 2.45. The number of amides is 1. The van der Waals surface area contributed by atoms with Gasteiger partial charge in [-0.2, -0.15) is 0 Å². The van der Waals surface area contributed by atoms with Gasteiger partial charge in [-0.25, -0.2) is 9.78 Å². The van der Waals surface area contributed by atoms with Gasteiger partial charge in [0.2, 0.25) is 0 Å². The minimum atomic E-state index is -0.787. The highest BCUT2D eigenvalue weighted by Crippen LogP contribution is 2.34. The fourth-order valence-electron chi connectivity index (χ4n) is 4.42. The van der Waals surface area contributed by atoms with Crippen molar-refractivity contribution in [1.29, 1.82) is 0 Å². The second-order valence-corrected chi connectivity index (χ2v) is 9.59. The minimum Gasteiger partial charge on any atom is -0.493 e. The number of pyridine rings is 1. The Morgan fingerprint density at radius 3 is 2.33 bits per heavy atom. The normalized spacial score (nSPS) is 10.8. The zero-order valence-corrected chi connectivity index (χ0v) is 22.8. The molecule has 1 amide bonds. The zero-order chi connectivity index (χ0) is 28.2. The Labute approximate surface area is 233 Å². The first-order valence-corrected chi connectivity index (χ1v) is 13.1. The van der Waals surface area contributed by atoms with E-state index in [2.05, 4.69) is 10.3 Å². The molecule has 0 aliphatic heterocycles. The molecule has 0 saturated heterocycles. The number of rotatable bonds is 8. The number of carbonyl (C=O) groups excluding carboxylic acids is 2. The van der Waals surface area contributed by atoms with Crippen molar-refractivity contribution in [2.24, 2.45) is 7.05 Å². The maximum absolute atomic E-state index is 13.3. The van der Waals surface area contributed by atoms with Crippen molar-refractivity contribution in [2.75, 3.05) is 26.1 Å². The van der Waals surface area contributed by atoms with E-state index >= 15 is 0 Å². The summed E-state index contributed by atoms with van der Waals surface area (Å²) >= 11 is 1.23. The molecule has 9 nitrogen and oxygen atoms in total. The van der Waals surface area contributed by atoms with Crippen LogP contribution in [0.5, 0.6) is 11.5 Å². The number of fused-ring (bicyclic) bond motifs is 1. The third-order valence-corrected chi connectivity index (χ3v) is 7.08. The van der Waals surface area contributed by atoms with Gasteiger partial charge in [0, 0.05) is 28.9 Å². The molecular formula is C30H25N3O6S. The van der Waals surface area contributed by atoms with E-state index in [0.29, 0.717) is 38.7 Å². The summed E-state index contributed by atoms with van der Waals surface area (Å²) in [4.78, 5) is 43.5. The van der Waals surface area contributed by atoms with Crippen LogP contribution in [0.25, 0.3) is 33.2 Å². The lowest BCUT2D eigenvalue weighted by Crippen LogP contribution is -2.28. The van der Waals surface area contributed by atoms with Crippen LogP contribution >= 0.6 is 11.3 Å². The number of nitrogens with zero attached hydrogens (tertiary/aromatic N) is 2. The molecule has 0 spiro atoms. The molecule has 0 bridgehead atoms. The van der Waals surface area contributed by atoms with Gasteiger partial charge in [0.1, 0.15) is 5.69 Å². The van der Waals surface area contributed by atoms with Crippen molar-refractivity contribution in [3.63, 3.8) is 0 Å². The number of benzene rings is 3. The second kappa shape index (κ2) is 11.4. The third-order valence-electron chi connectivity index (χ3n) is 6.32. The minimum absolute atomic E-state index is 0.0627. The molecule has 0 aliphatic rings. The lowest BCUT2D eigenvalue weighted by Gasteiger charge is -2.16. The van der Waals surface area contributed by atoms with Crippen molar-refractivity contribution in [2.45, 2.75) is 0 Å². The number of thiazole rings is 1. The number of anilines is 1. The van der Waals surface area contributed by atoms with Crippen LogP contribution in [0.1, 0.15) is 10.5 Å². The number of ether oxygens (including phenoxy) is 3. The molecular weight excluding hydrogens is 530 g/mol. The first kappa shape index (κ1) is 26.6. The van der Waals surface area contributed by atoms with Crippen LogP contribution in [0.15, 0.2) is 83.0 Å². The van der Waals surface area contributed by atoms with E-state index in [0.717, 1.165) is 11.1 Å². The van der Waals surface area contributed by atoms with Crippen molar-refractivity contribution in [3.8, 4) is 33.9 Å². The summed E-state index contributed by atoms with van der Waals surface area (Å²) in [6, 6.07) is 21.8. The van der Waals surface area contributed by atoms with Gasteiger partial charge in [-0.1, -0.05) is 48.5 Å². The average Bonchev–Trinajstić information content (AvgIpc) is 3.46. The molecule has 0 saturated carbocycles. The molecule has 2 aromatic heterocycles. The predicted molar refractivity (Wildman–Crippen MR) is 154 cm³/mol. The summed E-state index contributed by atoms with van der Waals surface area (Å²) in [5, 5.41) is 5.89. The second-order valence-electron chi connectivity index (χ2n) is 8.73. The molecule has 0 fully saturated rings. The SMILES string of the molecule is COc1ccc(-c2csc(NC(=O)COC(=O)c3c(-c4ccccc4)c4ccccc4c(=O)n3C)n2)cc1OC. The number of carbonyl (C=O) groups is 2. The van der Waals surface area contributed by atoms with Gasteiger partial charge in [-0.05, 0) is 35.2 Å². The van der Waals surface area contributed by atoms with Crippen LogP contribution in [0.3, 0.4) is 0 Å². The van der Waals surface area contributed by atoms with E-state index in [-0.39, 0.29) is 11.3 Å². The van der Waals surface area contributed by atoms with Gasteiger partial charge in [0.15, 0.2) is 23.2 Å². The highest BCUT2D eigenvalue weighted by atomic mass is 32.1. The quantitative estimate of drug-likeness (QED) is 0.264. The van der Waals surface area contributed by atoms with Gasteiger partial charge in [0.25, 0.3) is 11.5 Å². The lowest BCUT2D eigenvalue weighted by molar-refractivity contribution is -0.119. The molecule has 3 aromatic carbocycles. The lowest BCUT2D eigenvalue weighted by atomic mass is 9.97. The number of hydrogen-bond donors (Lipinski definition) is 1. The monoisotopic (exact) mass is 555 g/mol. The highest BCUT2D eigenvalue weighted by Gasteiger charge is 2.23. The van der Waals surface area contributed by atoms with Gasteiger partial charge in [-0.15, -0.1) is 11.3 Å². The standard InChI is InChI=1S/C30H25N3O6S/c1-33-27(26(18-9-5-4-6-10-18)20-11-7-8-12-21(20)28(33)35)29(36)39-16-25(34)32-30-31-22(17-40-30)19-13-14-23(37-2)24(15-19)38-3/h4-15,17H,16H2,1-3H3,(H,31,32,34). The summed E-state index contributed by atoms with van der Waals surface area (Å²) in [6.07, 6.45) is 0. The highest BCUT2D eigenvalue weighted by molar-refractivity contribution is 7.14. The molecule has 5 aromatic rings. The van der Waals surface area contributed by atoms with Crippen LogP contribution < -0.4 is 20.3 Å². The molecule has 40 heavy (non-hydrogen) atoms. The molecule has 2 heterocycles. The van der Waals surface area contributed by atoms with Crippen LogP contribution in [-0.2, 0) is 16.6 Å². The number of hydrogen-bond acceptors (Lipinski definition) is 8. The van der Waals surface area contributed by atoms with E-state index in [9.17, 15) is 14.4 Å². The van der Waals surface area contributed by atoms with Gasteiger partial charge in [-0.3, -0.25) is 14.9 Å². The van der Waals surface area contributed by atoms with Gasteiger partial charge >= 0.3 is 5.97 Å². The number of methoxy groups -OCH3 is 2. The molecule has 202 valence electrons. The Bertz CT molecular complexity index is 1780. The fraction of sp³-hybridized carbons (Fsp3) is 0.133. The molecule has 0 atom stereocenters. The Hall–Kier alpha value is -4.96. The average molecular weight is 556 g/mol. The Morgan fingerprint density at radius 2 is 1.60 bits per heavy atom. The number of aromatic nitrogens is 2. The first-order chi connectivity index (χ1) is 19.4. The molecule has 10 heteroatoms. The third kappa shape index (κ3) is 5.16. The molecule has 1 N–H and O–H groups in total. The van der Waals surface area contributed by atoms with Gasteiger partial charge in [0.05, 0.1) is 19.9 Å². The Morgan fingerprint density at radius 1 is 0.900 bits per heavy atom. The van der Waals surface area contributed by atoms with E-state index < -0.39 is 18.5 Å². The largest absolute Gasteiger partial charge is 0.493 e. The van der Waals surface area contributed by atoms with Crippen molar-refractivity contribution in [3.05, 3.63) is 94.2 Å². The van der Waals surface area contributed by atoms with Crippen molar-refractivity contribution < 1.29 is 23.8 Å². The van der Waals surface area contributed by atoms with Crippen LogP contribution in [0.4, 0.5) is 5.13 Å². The van der Waals surface area contributed by atoms with E-state index in [4.69, 9.17) is 14.2 Å².